The summed E-state index contributed by atoms with van der Waals surface area (Å²) in [5.41, 5.74) is 2.54. The fourth-order valence-corrected chi connectivity index (χ4v) is 2.67. The van der Waals surface area contributed by atoms with Gasteiger partial charge in [-0.1, -0.05) is 6.92 Å². The normalized spacial score (nSPS) is 18.7. The highest BCUT2D eigenvalue weighted by Gasteiger charge is 2.32. The van der Waals surface area contributed by atoms with Gasteiger partial charge in [-0.25, -0.2) is 0 Å². The maximum absolute atomic E-state index is 4.40. The Bertz CT molecular complexity index is 383. The van der Waals surface area contributed by atoms with E-state index in [9.17, 15) is 0 Å². The molecule has 1 aromatic rings. The lowest BCUT2D eigenvalue weighted by atomic mass is 9.87. The lowest BCUT2D eigenvalue weighted by Gasteiger charge is -2.40. The van der Waals surface area contributed by atoms with Gasteiger partial charge >= 0.3 is 0 Å². The molecule has 2 bridgehead atoms. The van der Waals surface area contributed by atoms with Gasteiger partial charge < -0.3 is 10.2 Å². The molecule has 1 N–H and O–H groups in total. The Kier molecular flexibility index (Phi) is 2.42. The van der Waals surface area contributed by atoms with Gasteiger partial charge in [0.15, 0.2) is 5.82 Å². The number of hydrogen-bond acceptors (Lipinski definition) is 4. The molecule has 1 fully saturated rings. The van der Waals surface area contributed by atoms with Crippen LogP contribution in [0.1, 0.15) is 37.8 Å². The molecule has 0 radical (unpaired) electrons. The molecule has 16 heavy (non-hydrogen) atoms. The molecule has 0 spiro atoms. The van der Waals surface area contributed by atoms with E-state index in [0.29, 0.717) is 5.92 Å². The predicted octanol–water partition coefficient (Wildman–Crippen LogP) is 2.00. The Morgan fingerprint density at radius 3 is 2.94 bits per heavy atom. The summed E-state index contributed by atoms with van der Waals surface area (Å²) in [6, 6.07) is 2.17. The van der Waals surface area contributed by atoms with Crippen molar-refractivity contribution in [3.05, 3.63) is 11.8 Å². The molecular weight excluding hydrogens is 200 g/mol. The fraction of sp³-hybridized carbons (Fsp3) is 0.667. The van der Waals surface area contributed by atoms with Crippen molar-refractivity contribution in [2.24, 2.45) is 0 Å². The van der Waals surface area contributed by atoms with Crippen LogP contribution < -0.4 is 10.2 Å². The molecular formula is C12H18N4. The van der Waals surface area contributed by atoms with Gasteiger partial charge in [-0.15, -0.1) is 5.10 Å². The number of hydrogen-bond donors (Lipinski definition) is 1. The van der Waals surface area contributed by atoms with Gasteiger partial charge in [-0.3, -0.25) is 0 Å². The van der Waals surface area contributed by atoms with E-state index < -0.39 is 0 Å². The second-order valence-electron chi connectivity index (χ2n) is 4.69. The molecule has 3 aliphatic heterocycles. The van der Waals surface area contributed by atoms with Crippen LogP contribution in [0.2, 0.25) is 0 Å². The summed E-state index contributed by atoms with van der Waals surface area (Å²) in [6.07, 6.45) is 3.62. The van der Waals surface area contributed by atoms with E-state index in [1.165, 1.54) is 37.3 Å². The molecule has 3 aliphatic rings. The van der Waals surface area contributed by atoms with Crippen molar-refractivity contribution in [1.29, 1.82) is 0 Å². The van der Waals surface area contributed by atoms with Gasteiger partial charge in [-0.2, -0.15) is 5.10 Å². The first-order valence-electron chi connectivity index (χ1n) is 6.25. The Morgan fingerprint density at radius 1 is 1.38 bits per heavy atom. The van der Waals surface area contributed by atoms with Crippen LogP contribution in [0.3, 0.4) is 0 Å². The molecule has 4 heterocycles. The largest absolute Gasteiger partial charge is 0.370 e. The molecule has 0 aromatic carbocycles. The minimum absolute atomic E-state index is 0.660. The Morgan fingerprint density at radius 2 is 2.19 bits per heavy atom. The zero-order valence-electron chi connectivity index (χ0n) is 9.74. The topological polar surface area (TPSA) is 41.1 Å². The number of nitrogens with one attached hydrogen (secondary N) is 1. The Hall–Kier alpha value is -1.32. The lowest BCUT2D eigenvalue weighted by molar-refractivity contribution is 0.459. The summed E-state index contributed by atoms with van der Waals surface area (Å²) < 4.78 is 0. The first-order valence-corrected chi connectivity index (χ1v) is 6.25. The van der Waals surface area contributed by atoms with Crippen molar-refractivity contribution in [1.82, 2.24) is 10.2 Å². The number of aromatic nitrogens is 2. The van der Waals surface area contributed by atoms with Crippen molar-refractivity contribution in [2.45, 2.75) is 32.1 Å². The molecule has 4 heteroatoms. The highest BCUT2D eigenvalue weighted by Crippen LogP contribution is 2.40. The average Bonchev–Trinajstić information content (AvgIpc) is 2.37. The van der Waals surface area contributed by atoms with Gasteiger partial charge in [0.05, 0.1) is 11.4 Å². The fourth-order valence-electron chi connectivity index (χ4n) is 2.67. The van der Waals surface area contributed by atoms with Gasteiger partial charge in [0, 0.05) is 31.6 Å². The molecule has 1 aromatic heterocycles. The van der Waals surface area contributed by atoms with E-state index in [1.807, 2.05) is 0 Å². The monoisotopic (exact) mass is 218 g/mol. The minimum Gasteiger partial charge on any atom is -0.370 e. The van der Waals surface area contributed by atoms with E-state index in [4.69, 9.17) is 0 Å². The van der Waals surface area contributed by atoms with Crippen LogP contribution in [-0.4, -0.2) is 29.8 Å². The van der Waals surface area contributed by atoms with Crippen molar-refractivity contribution in [3.8, 4) is 0 Å². The average molecular weight is 218 g/mol. The maximum atomic E-state index is 4.40. The predicted molar refractivity (Wildman–Crippen MR) is 65.0 cm³/mol. The second kappa shape index (κ2) is 3.92. The van der Waals surface area contributed by atoms with Crippen LogP contribution in [-0.2, 0) is 0 Å². The summed E-state index contributed by atoms with van der Waals surface area (Å²) in [4.78, 5) is 2.45. The van der Waals surface area contributed by atoms with Crippen LogP contribution in [0.15, 0.2) is 6.07 Å². The van der Waals surface area contributed by atoms with Crippen LogP contribution in [0.25, 0.3) is 0 Å². The number of nitrogens with zero attached hydrogens (tertiary/aromatic N) is 3. The van der Waals surface area contributed by atoms with E-state index in [2.05, 4.69) is 33.4 Å². The second-order valence-corrected chi connectivity index (χ2v) is 4.69. The van der Waals surface area contributed by atoms with Crippen molar-refractivity contribution < 1.29 is 0 Å². The smallest absolute Gasteiger partial charge is 0.150 e. The number of rotatable bonds is 3. The zero-order valence-corrected chi connectivity index (χ0v) is 9.74. The third-order valence-corrected chi connectivity index (χ3v) is 3.58. The molecule has 86 valence electrons. The summed E-state index contributed by atoms with van der Waals surface area (Å²) in [6.45, 7) is 5.51. The number of piperidine rings is 1. The standard InChI is InChI=1S/C12H18N4/c1-2-5-13-11-8-10-12(15-14-11)9-3-6-16(10)7-4-9/h8-9H,2-7H2,1H3,(H,13,14). The SMILES string of the molecule is CCCNc1cc2c(nn1)C1CCN2CC1. The van der Waals surface area contributed by atoms with Crippen molar-refractivity contribution in [3.63, 3.8) is 0 Å². The van der Waals surface area contributed by atoms with E-state index in [1.54, 1.807) is 0 Å². The summed E-state index contributed by atoms with van der Waals surface area (Å²) in [7, 11) is 0. The summed E-state index contributed by atoms with van der Waals surface area (Å²) in [5, 5.41) is 12.0. The molecule has 0 saturated carbocycles. The Balaban J connectivity index is 1.90. The zero-order chi connectivity index (χ0) is 11.0. The third-order valence-electron chi connectivity index (χ3n) is 3.58. The molecule has 0 amide bonds. The van der Waals surface area contributed by atoms with Gasteiger partial charge in [0.2, 0.25) is 0 Å². The third kappa shape index (κ3) is 1.52. The summed E-state index contributed by atoms with van der Waals surface area (Å²) in [5.74, 6) is 1.58. The Labute approximate surface area is 96.1 Å². The van der Waals surface area contributed by atoms with E-state index in [-0.39, 0.29) is 0 Å². The molecule has 0 aliphatic carbocycles. The maximum Gasteiger partial charge on any atom is 0.150 e. The van der Waals surface area contributed by atoms with Gasteiger partial charge in [0.25, 0.3) is 0 Å². The van der Waals surface area contributed by atoms with Crippen molar-refractivity contribution in [2.75, 3.05) is 29.9 Å². The van der Waals surface area contributed by atoms with E-state index >= 15 is 0 Å². The summed E-state index contributed by atoms with van der Waals surface area (Å²) >= 11 is 0. The molecule has 0 atom stereocenters. The molecule has 0 unspecified atom stereocenters. The van der Waals surface area contributed by atoms with E-state index in [0.717, 1.165) is 18.8 Å². The highest BCUT2D eigenvalue weighted by molar-refractivity contribution is 5.60. The van der Waals surface area contributed by atoms with Crippen molar-refractivity contribution >= 4 is 11.5 Å². The van der Waals surface area contributed by atoms with Crippen LogP contribution in [0.4, 0.5) is 11.5 Å². The quantitative estimate of drug-likeness (QED) is 0.842. The molecule has 4 nitrogen and oxygen atoms in total. The first-order chi connectivity index (χ1) is 7.88. The lowest BCUT2D eigenvalue weighted by Crippen LogP contribution is -2.39. The van der Waals surface area contributed by atoms with Crippen LogP contribution in [0, 0.1) is 0 Å². The highest BCUT2D eigenvalue weighted by atomic mass is 15.2. The number of anilines is 2. The van der Waals surface area contributed by atoms with Gasteiger partial charge in [-0.05, 0) is 19.3 Å². The minimum atomic E-state index is 0.660. The molecule has 1 saturated heterocycles. The molecule has 4 rings (SSSR count). The first kappa shape index (κ1) is 9.87. The van der Waals surface area contributed by atoms with Crippen LogP contribution in [0.5, 0.6) is 0 Å². The van der Waals surface area contributed by atoms with Gasteiger partial charge in [0.1, 0.15) is 0 Å². The van der Waals surface area contributed by atoms with Crippen LogP contribution >= 0.6 is 0 Å². The number of fused-ring (bicyclic) bond motifs is 2.